The summed E-state index contributed by atoms with van der Waals surface area (Å²) in [5.74, 6) is -0.190. The molecule has 0 fully saturated rings. The Morgan fingerprint density at radius 1 is 0.523 bits per heavy atom. The van der Waals surface area contributed by atoms with E-state index in [1.165, 1.54) is 186 Å². The standard InChI is InChI=1S/C56H107N2O6P/c1-6-8-10-12-14-16-18-20-22-24-26-27-28-29-30-31-32-34-36-38-40-42-44-46-48-50-56(60)57-54(53-64-65(61,62)63-52-51-58(3,4)5)55(59)49-47-45-43-41-39-37-35-33-25-23-21-19-17-15-13-11-9-7-2/h26-27,29-30,39,41,47,49,54-55,59H,6-25,28,31-38,40,42-46,48,50-53H2,1-5H3,(H-,57,60,61,62)/p+1/b27-26-,30-29-,41-39+,49-47+. The molecule has 0 aliphatic heterocycles. The highest BCUT2D eigenvalue weighted by molar-refractivity contribution is 7.47. The number of phosphoric ester groups is 1. The van der Waals surface area contributed by atoms with Crippen LogP contribution in [0.4, 0.5) is 0 Å². The number of likely N-dealkylation sites (N-methyl/N-ethyl adjacent to an activating group) is 1. The lowest BCUT2D eigenvalue weighted by atomic mass is 10.0. The molecule has 3 unspecified atom stereocenters. The molecule has 3 atom stereocenters. The number of hydrogen-bond donors (Lipinski definition) is 3. The zero-order valence-corrected chi connectivity index (χ0v) is 44.4. The number of nitrogens with zero attached hydrogens (tertiary/aromatic N) is 1. The Morgan fingerprint density at radius 2 is 0.892 bits per heavy atom. The fraction of sp³-hybridized carbons (Fsp3) is 0.839. The van der Waals surface area contributed by atoms with Gasteiger partial charge in [-0.05, 0) is 64.2 Å². The number of unbranched alkanes of at least 4 members (excludes halogenated alkanes) is 31. The second-order valence-electron chi connectivity index (χ2n) is 19.9. The van der Waals surface area contributed by atoms with Crippen LogP contribution in [0.3, 0.4) is 0 Å². The van der Waals surface area contributed by atoms with E-state index in [0.29, 0.717) is 17.4 Å². The average Bonchev–Trinajstić information content (AvgIpc) is 3.26. The second-order valence-corrected chi connectivity index (χ2v) is 21.4. The van der Waals surface area contributed by atoms with Crippen molar-refractivity contribution in [3.8, 4) is 0 Å². The summed E-state index contributed by atoms with van der Waals surface area (Å²) in [6.45, 7) is 4.81. The number of quaternary nitrogens is 1. The third-order valence-corrected chi connectivity index (χ3v) is 13.3. The molecule has 9 heteroatoms. The first kappa shape index (κ1) is 63.5. The van der Waals surface area contributed by atoms with Crippen LogP contribution in [0.1, 0.15) is 251 Å². The molecular formula is C56H108N2O6P+. The maximum atomic E-state index is 13.0. The molecule has 1 amide bonds. The van der Waals surface area contributed by atoms with E-state index in [2.05, 4.69) is 55.6 Å². The summed E-state index contributed by atoms with van der Waals surface area (Å²) in [7, 11) is 1.55. The average molecular weight is 936 g/mol. The highest BCUT2D eigenvalue weighted by Gasteiger charge is 2.27. The molecule has 0 aromatic rings. The van der Waals surface area contributed by atoms with E-state index in [1.807, 2.05) is 27.2 Å². The highest BCUT2D eigenvalue weighted by atomic mass is 31.2. The summed E-state index contributed by atoms with van der Waals surface area (Å²) in [6, 6.07) is -0.867. The molecule has 3 N–H and O–H groups in total. The van der Waals surface area contributed by atoms with Crippen LogP contribution in [0.2, 0.25) is 0 Å². The number of carbonyl (C=O) groups is 1. The van der Waals surface area contributed by atoms with Gasteiger partial charge in [-0.2, -0.15) is 0 Å². The number of aliphatic hydroxyl groups excluding tert-OH is 1. The first-order chi connectivity index (χ1) is 31.5. The normalized spacial score (nSPS) is 14.4. The maximum Gasteiger partial charge on any atom is 0.472 e. The van der Waals surface area contributed by atoms with E-state index in [-0.39, 0.29) is 19.1 Å². The molecule has 0 spiro atoms. The van der Waals surface area contributed by atoms with Crippen LogP contribution < -0.4 is 5.32 Å². The number of carbonyl (C=O) groups excluding carboxylic acids is 1. The Hall–Kier alpha value is -1.54. The zero-order valence-electron chi connectivity index (χ0n) is 43.5. The van der Waals surface area contributed by atoms with Crippen LogP contribution in [0.25, 0.3) is 0 Å². The van der Waals surface area contributed by atoms with E-state index >= 15 is 0 Å². The largest absolute Gasteiger partial charge is 0.472 e. The van der Waals surface area contributed by atoms with Crippen molar-refractivity contribution in [2.24, 2.45) is 0 Å². The van der Waals surface area contributed by atoms with E-state index < -0.39 is 20.0 Å². The van der Waals surface area contributed by atoms with Crippen LogP contribution in [0, 0.1) is 0 Å². The molecule has 8 nitrogen and oxygen atoms in total. The zero-order chi connectivity index (χ0) is 47.8. The molecule has 0 saturated heterocycles. The number of aliphatic hydroxyl groups is 1. The summed E-state index contributed by atoms with van der Waals surface area (Å²) in [6.07, 6.45) is 62.0. The number of allylic oxidation sites excluding steroid dienone is 7. The van der Waals surface area contributed by atoms with Gasteiger partial charge in [0.15, 0.2) is 0 Å². The van der Waals surface area contributed by atoms with Crippen molar-refractivity contribution < 1.29 is 32.9 Å². The molecular weight excluding hydrogens is 828 g/mol. The van der Waals surface area contributed by atoms with E-state index in [9.17, 15) is 19.4 Å². The van der Waals surface area contributed by atoms with Crippen molar-refractivity contribution in [2.75, 3.05) is 40.9 Å². The Balaban J connectivity index is 4.28. The highest BCUT2D eigenvalue weighted by Crippen LogP contribution is 2.43. The van der Waals surface area contributed by atoms with Gasteiger partial charge in [-0.15, -0.1) is 0 Å². The maximum absolute atomic E-state index is 13.0. The summed E-state index contributed by atoms with van der Waals surface area (Å²) in [5.41, 5.74) is 0. The van der Waals surface area contributed by atoms with Crippen molar-refractivity contribution in [1.82, 2.24) is 5.32 Å². The fourth-order valence-corrected chi connectivity index (χ4v) is 8.65. The van der Waals surface area contributed by atoms with E-state index in [4.69, 9.17) is 9.05 Å². The summed E-state index contributed by atoms with van der Waals surface area (Å²) in [5, 5.41) is 13.9. The van der Waals surface area contributed by atoms with Gasteiger partial charge < -0.3 is 19.8 Å². The first-order valence-electron chi connectivity index (χ1n) is 27.5. The van der Waals surface area contributed by atoms with Crippen molar-refractivity contribution >= 4 is 13.7 Å². The lowest BCUT2D eigenvalue weighted by molar-refractivity contribution is -0.870. The molecule has 0 heterocycles. The van der Waals surface area contributed by atoms with Gasteiger partial charge in [-0.25, -0.2) is 4.57 Å². The predicted molar refractivity (Wildman–Crippen MR) is 281 cm³/mol. The van der Waals surface area contributed by atoms with Gasteiger partial charge >= 0.3 is 7.82 Å². The first-order valence-corrected chi connectivity index (χ1v) is 29.0. The molecule has 382 valence electrons. The monoisotopic (exact) mass is 936 g/mol. The molecule has 0 bridgehead atoms. The van der Waals surface area contributed by atoms with Crippen molar-refractivity contribution in [3.05, 3.63) is 48.6 Å². The van der Waals surface area contributed by atoms with Crippen LogP contribution in [-0.2, 0) is 18.4 Å². The molecule has 0 aromatic carbocycles. The molecule has 0 rings (SSSR count). The topological polar surface area (TPSA) is 105 Å². The Morgan fingerprint density at radius 3 is 1.32 bits per heavy atom. The van der Waals surface area contributed by atoms with Crippen molar-refractivity contribution in [3.63, 3.8) is 0 Å². The van der Waals surface area contributed by atoms with E-state index in [1.54, 1.807) is 6.08 Å². The van der Waals surface area contributed by atoms with Gasteiger partial charge in [0, 0.05) is 6.42 Å². The van der Waals surface area contributed by atoms with E-state index in [0.717, 1.165) is 44.9 Å². The number of amides is 1. The van der Waals surface area contributed by atoms with Crippen LogP contribution in [0.15, 0.2) is 48.6 Å². The fourth-order valence-electron chi connectivity index (χ4n) is 7.91. The minimum atomic E-state index is -4.35. The Kier molecular flexibility index (Phi) is 46.4. The SMILES string of the molecule is CCCCCCCCCCC/C=C\C/C=C\CCCCCCCCCCCC(=O)NC(COP(=O)(O)OCC[N+](C)(C)C)C(O)/C=C/CC/C=C/CCCCCCCCCCCCCC. The van der Waals surface area contributed by atoms with Gasteiger partial charge in [-0.1, -0.05) is 229 Å². The van der Waals surface area contributed by atoms with Crippen LogP contribution in [-0.4, -0.2) is 73.4 Å². The third kappa shape index (κ3) is 50.2. The predicted octanol–water partition coefficient (Wildman–Crippen LogP) is 16.4. The minimum Gasteiger partial charge on any atom is -0.387 e. The summed E-state index contributed by atoms with van der Waals surface area (Å²) < 4.78 is 23.7. The molecule has 0 aliphatic rings. The summed E-state index contributed by atoms with van der Waals surface area (Å²) >= 11 is 0. The molecule has 0 radical (unpaired) electrons. The Bertz CT molecular complexity index is 1200. The number of hydrogen-bond acceptors (Lipinski definition) is 5. The number of nitrogens with one attached hydrogen (secondary N) is 1. The van der Waals surface area contributed by atoms with Gasteiger partial charge in [0.25, 0.3) is 0 Å². The van der Waals surface area contributed by atoms with Crippen LogP contribution >= 0.6 is 7.82 Å². The second kappa shape index (κ2) is 47.5. The molecule has 0 saturated carbocycles. The number of phosphoric acid groups is 1. The quantitative estimate of drug-likeness (QED) is 0.0243. The lowest BCUT2D eigenvalue weighted by Gasteiger charge is -2.25. The smallest absolute Gasteiger partial charge is 0.387 e. The molecule has 65 heavy (non-hydrogen) atoms. The minimum absolute atomic E-state index is 0.0545. The lowest BCUT2D eigenvalue weighted by Crippen LogP contribution is -2.45. The van der Waals surface area contributed by atoms with Gasteiger partial charge in [0.1, 0.15) is 13.2 Å². The van der Waals surface area contributed by atoms with Gasteiger partial charge in [0.05, 0.1) is 39.9 Å². The van der Waals surface area contributed by atoms with Crippen molar-refractivity contribution in [2.45, 2.75) is 264 Å². The van der Waals surface area contributed by atoms with Gasteiger partial charge in [0.2, 0.25) is 5.91 Å². The van der Waals surface area contributed by atoms with Crippen molar-refractivity contribution in [1.29, 1.82) is 0 Å². The van der Waals surface area contributed by atoms with Gasteiger partial charge in [-0.3, -0.25) is 13.8 Å². The molecule has 0 aromatic heterocycles. The van der Waals surface area contributed by atoms with Crippen LogP contribution in [0.5, 0.6) is 0 Å². The summed E-state index contributed by atoms with van der Waals surface area (Å²) in [4.78, 5) is 23.3. The third-order valence-electron chi connectivity index (χ3n) is 12.3. The Labute approximate surface area is 403 Å². The number of rotatable bonds is 50. The molecule has 0 aliphatic carbocycles.